The SMILES string of the molecule is COCCNCc1ccc(SCCCC(C)C)cc1. The first-order valence-electron chi connectivity index (χ1n) is 7.13. The molecule has 1 N–H and O–H groups in total. The first kappa shape index (κ1) is 16.5. The lowest BCUT2D eigenvalue weighted by atomic mass is 10.1. The molecule has 1 aromatic carbocycles. The Morgan fingerprint density at radius 1 is 1.21 bits per heavy atom. The number of hydrogen-bond acceptors (Lipinski definition) is 3. The highest BCUT2D eigenvalue weighted by molar-refractivity contribution is 7.99. The summed E-state index contributed by atoms with van der Waals surface area (Å²) in [5.41, 5.74) is 1.34. The highest BCUT2D eigenvalue weighted by Crippen LogP contribution is 2.20. The van der Waals surface area contributed by atoms with Gasteiger partial charge >= 0.3 is 0 Å². The van der Waals surface area contributed by atoms with Crippen LogP contribution in [0.2, 0.25) is 0 Å². The van der Waals surface area contributed by atoms with Crippen molar-refractivity contribution in [2.24, 2.45) is 5.92 Å². The van der Waals surface area contributed by atoms with Gasteiger partial charge in [-0.25, -0.2) is 0 Å². The van der Waals surface area contributed by atoms with Gasteiger partial charge in [-0.3, -0.25) is 0 Å². The van der Waals surface area contributed by atoms with Crippen LogP contribution in [0, 0.1) is 5.92 Å². The van der Waals surface area contributed by atoms with E-state index in [1.807, 2.05) is 11.8 Å². The van der Waals surface area contributed by atoms with Gasteiger partial charge in [0.1, 0.15) is 0 Å². The summed E-state index contributed by atoms with van der Waals surface area (Å²) in [4.78, 5) is 1.38. The number of ether oxygens (including phenoxy) is 1. The molecule has 1 aromatic rings. The summed E-state index contributed by atoms with van der Waals surface area (Å²) >= 11 is 1.96. The molecule has 0 bridgehead atoms. The van der Waals surface area contributed by atoms with Crippen LogP contribution in [0.25, 0.3) is 0 Å². The maximum atomic E-state index is 5.00. The van der Waals surface area contributed by atoms with E-state index in [0.717, 1.165) is 25.6 Å². The first-order chi connectivity index (χ1) is 9.22. The zero-order chi connectivity index (χ0) is 13.9. The van der Waals surface area contributed by atoms with Gasteiger partial charge in [-0.05, 0) is 35.8 Å². The van der Waals surface area contributed by atoms with Gasteiger partial charge in [0.25, 0.3) is 0 Å². The monoisotopic (exact) mass is 281 g/mol. The molecule has 0 saturated heterocycles. The minimum atomic E-state index is 0.768. The number of hydrogen-bond donors (Lipinski definition) is 1. The van der Waals surface area contributed by atoms with E-state index in [9.17, 15) is 0 Å². The number of nitrogens with one attached hydrogen (secondary N) is 1. The highest BCUT2D eigenvalue weighted by Gasteiger charge is 1.98. The Labute approximate surface area is 122 Å². The second kappa shape index (κ2) is 10.3. The maximum Gasteiger partial charge on any atom is 0.0587 e. The van der Waals surface area contributed by atoms with Crippen molar-refractivity contribution in [2.45, 2.75) is 38.1 Å². The predicted octanol–water partition coefficient (Wildman–Crippen LogP) is 3.95. The van der Waals surface area contributed by atoms with E-state index >= 15 is 0 Å². The van der Waals surface area contributed by atoms with E-state index in [1.54, 1.807) is 7.11 Å². The molecule has 108 valence electrons. The average molecular weight is 281 g/mol. The van der Waals surface area contributed by atoms with E-state index in [4.69, 9.17) is 4.74 Å². The van der Waals surface area contributed by atoms with Crippen LogP contribution >= 0.6 is 11.8 Å². The second-order valence-electron chi connectivity index (χ2n) is 5.20. The lowest BCUT2D eigenvalue weighted by Gasteiger charge is -2.07. The standard InChI is InChI=1S/C16H27NOS/c1-14(2)5-4-12-19-16-8-6-15(7-9-16)13-17-10-11-18-3/h6-9,14,17H,4-5,10-13H2,1-3H3. The van der Waals surface area contributed by atoms with Crippen LogP contribution in [0.3, 0.4) is 0 Å². The van der Waals surface area contributed by atoms with Crippen LogP contribution in [0.1, 0.15) is 32.3 Å². The van der Waals surface area contributed by atoms with Crippen LogP contribution in [-0.2, 0) is 11.3 Å². The molecule has 0 saturated carbocycles. The molecule has 0 heterocycles. The van der Waals surface area contributed by atoms with Crippen molar-refractivity contribution in [3.05, 3.63) is 29.8 Å². The van der Waals surface area contributed by atoms with E-state index in [2.05, 4.69) is 43.4 Å². The number of thioether (sulfide) groups is 1. The third-order valence-corrected chi connectivity index (χ3v) is 4.03. The van der Waals surface area contributed by atoms with Crippen molar-refractivity contribution in [1.82, 2.24) is 5.32 Å². The molecule has 0 atom stereocenters. The van der Waals surface area contributed by atoms with Gasteiger partial charge in [-0.15, -0.1) is 11.8 Å². The first-order valence-corrected chi connectivity index (χ1v) is 8.12. The molecule has 0 unspecified atom stereocenters. The quantitative estimate of drug-likeness (QED) is 0.518. The van der Waals surface area contributed by atoms with Gasteiger partial charge < -0.3 is 10.1 Å². The van der Waals surface area contributed by atoms with Gasteiger partial charge in [-0.2, -0.15) is 0 Å². The number of rotatable bonds is 10. The summed E-state index contributed by atoms with van der Waals surface area (Å²) in [5, 5.41) is 3.36. The summed E-state index contributed by atoms with van der Waals surface area (Å²) in [6.07, 6.45) is 2.64. The molecule has 0 spiro atoms. The van der Waals surface area contributed by atoms with Crippen LogP contribution in [0.4, 0.5) is 0 Å². The average Bonchev–Trinajstić information content (AvgIpc) is 2.41. The van der Waals surface area contributed by atoms with E-state index in [1.165, 1.54) is 29.1 Å². The fourth-order valence-electron chi connectivity index (χ4n) is 1.79. The van der Waals surface area contributed by atoms with Crippen molar-refractivity contribution < 1.29 is 4.74 Å². The zero-order valence-corrected chi connectivity index (χ0v) is 13.3. The van der Waals surface area contributed by atoms with Crippen LogP contribution < -0.4 is 5.32 Å². The smallest absolute Gasteiger partial charge is 0.0587 e. The van der Waals surface area contributed by atoms with E-state index in [0.29, 0.717) is 0 Å². The second-order valence-corrected chi connectivity index (χ2v) is 6.37. The van der Waals surface area contributed by atoms with Crippen molar-refractivity contribution in [1.29, 1.82) is 0 Å². The van der Waals surface area contributed by atoms with Crippen molar-refractivity contribution in [3.8, 4) is 0 Å². The molecule has 0 amide bonds. The molecule has 0 aliphatic rings. The van der Waals surface area contributed by atoms with E-state index < -0.39 is 0 Å². The Balaban J connectivity index is 2.19. The van der Waals surface area contributed by atoms with Gasteiger partial charge in [-0.1, -0.05) is 32.4 Å². The lowest BCUT2D eigenvalue weighted by Crippen LogP contribution is -2.18. The molecule has 19 heavy (non-hydrogen) atoms. The number of methoxy groups -OCH3 is 1. The minimum absolute atomic E-state index is 0.768. The largest absolute Gasteiger partial charge is 0.383 e. The summed E-state index contributed by atoms with van der Waals surface area (Å²) in [5.74, 6) is 2.05. The third-order valence-electron chi connectivity index (χ3n) is 2.93. The summed E-state index contributed by atoms with van der Waals surface area (Å²) in [7, 11) is 1.73. The maximum absolute atomic E-state index is 5.00. The molecular formula is C16H27NOS. The predicted molar refractivity (Wildman–Crippen MR) is 84.8 cm³/mol. The summed E-state index contributed by atoms with van der Waals surface area (Å²) in [6, 6.07) is 8.88. The molecule has 0 aliphatic carbocycles. The Hall–Kier alpha value is -0.510. The zero-order valence-electron chi connectivity index (χ0n) is 12.4. The Kier molecular flexibility index (Phi) is 8.97. The molecule has 0 radical (unpaired) electrons. The van der Waals surface area contributed by atoms with Crippen molar-refractivity contribution in [3.63, 3.8) is 0 Å². The molecule has 0 aromatic heterocycles. The van der Waals surface area contributed by atoms with Crippen LogP contribution in [0.5, 0.6) is 0 Å². The molecule has 2 nitrogen and oxygen atoms in total. The fraction of sp³-hybridized carbons (Fsp3) is 0.625. The Morgan fingerprint density at radius 3 is 2.58 bits per heavy atom. The van der Waals surface area contributed by atoms with Gasteiger partial charge in [0, 0.05) is 25.1 Å². The Morgan fingerprint density at radius 2 is 1.95 bits per heavy atom. The highest BCUT2D eigenvalue weighted by atomic mass is 32.2. The summed E-state index contributed by atoms with van der Waals surface area (Å²) < 4.78 is 5.00. The van der Waals surface area contributed by atoms with Gasteiger partial charge in [0.05, 0.1) is 6.61 Å². The molecule has 3 heteroatoms. The topological polar surface area (TPSA) is 21.3 Å². The number of benzene rings is 1. The minimum Gasteiger partial charge on any atom is -0.383 e. The lowest BCUT2D eigenvalue weighted by molar-refractivity contribution is 0.199. The van der Waals surface area contributed by atoms with Crippen molar-refractivity contribution >= 4 is 11.8 Å². The van der Waals surface area contributed by atoms with Crippen LogP contribution in [-0.4, -0.2) is 26.0 Å². The Bertz CT molecular complexity index is 324. The molecule has 1 rings (SSSR count). The van der Waals surface area contributed by atoms with Gasteiger partial charge in [0.15, 0.2) is 0 Å². The molecule has 0 fully saturated rings. The fourth-order valence-corrected chi connectivity index (χ4v) is 2.67. The normalized spacial score (nSPS) is 11.2. The molecular weight excluding hydrogens is 254 g/mol. The van der Waals surface area contributed by atoms with Gasteiger partial charge in [0.2, 0.25) is 0 Å². The van der Waals surface area contributed by atoms with E-state index in [-0.39, 0.29) is 0 Å². The molecule has 0 aliphatic heterocycles. The third kappa shape index (κ3) is 8.30. The van der Waals surface area contributed by atoms with Crippen LogP contribution in [0.15, 0.2) is 29.2 Å². The summed E-state index contributed by atoms with van der Waals surface area (Å²) in [6.45, 7) is 7.17. The van der Waals surface area contributed by atoms with Crippen molar-refractivity contribution in [2.75, 3.05) is 26.0 Å².